The fourth-order valence-electron chi connectivity index (χ4n) is 2.68. The van der Waals surface area contributed by atoms with Gasteiger partial charge in [-0.15, -0.1) is 0 Å². The zero-order chi connectivity index (χ0) is 14.1. The molecule has 3 rings (SSSR count). The van der Waals surface area contributed by atoms with E-state index in [0.29, 0.717) is 5.92 Å². The number of nitrogens with two attached hydrogens (primary N) is 1. The molecular formula is C17H17F2N. The van der Waals surface area contributed by atoms with Crippen molar-refractivity contribution in [2.24, 2.45) is 5.73 Å². The van der Waals surface area contributed by atoms with Crippen LogP contribution in [0.1, 0.15) is 47.9 Å². The number of hydrogen-bond acceptors (Lipinski definition) is 1. The maximum atomic E-state index is 13.8. The van der Waals surface area contributed by atoms with Gasteiger partial charge in [0.05, 0.1) is 6.04 Å². The fraction of sp³-hybridized carbons (Fsp3) is 0.294. The van der Waals surface area contributed by atoms with Crippen molar-refractivity contribution in [2.75, 3.05) is 0 Å². The molecule has 104 valence electrons. The first kappa shape index (κ1) is 13.3. The maximum absolute atomic E-state index is 13.8. The summed E-state index contributed by atoms with van der Waals surface area (Å²) in [4.78, 5) is 0. The summed E-state index contributed by atoms with van der Waals surface area (Å²) in [7, 11) is 0. The molecule has 0 spiro atoms. The first-order valence-electron chi connectivity index (χ1n) is 6.95. The van der Waals surface area contributed by atoms with Gasteiger partial charge in [-0.25, -0.2) is 8.78 Å². The minimum absolute atomic E-state index is 0.204. The zero-order valence-corrected chi connectivity index (χ0v) is 11.2. The van der Waals surface area contributed by atoms with E-state index < -0.39 is 17.7 Å². The van der Waals surface area contributed by atoms with Gasteiger partial charge in [-0.3, -0.25) is 0 Å². The molecule has 3 heteroatoms. The van der Waals surface area contributed by atoms with Gasteiger partial charge < -0.3 is 5.73 Å². The van der Waals surface area contributed by atoms with Crippen LogP contribution in [0, 0.1) is 11.6 Å². The lowest BCUT2D eigenvalue weighted by Gasteiger charge is -2.26. The van der Waals surface area contributed by atoms with E-state index >= 15 is 0 Å². The van der Waals surface area contributed by atoms with E-state index in [9.17, 15) is 8.78 Å². The monoisotopic (exact) mass is 273 g/mol. The van der Waals surface area contributed by atoms with Gasteiger partial charge in [-0.1, -0.05) is 30.7 Å². The van der Waals surface area contributed by atoms with Crippen LogP contribution in [-0.2, 0) is 0 Å². The summed E-state index contributed by atoms with van der Waals surface area (Å²) in [5, 5.41) is 0. The molecule has 0 amide bonds. The molecule has 0 heterocycles. The molecule has 2 aromatic carbocycles. The summed E-state index contributed by atoms with van der Waals surface area (Å²) in [5.41, 5.74) is 8.40. The largest absolute Gasteiger partial charge is 0.320 e. The van der Waals surface area contributed by atoms with Crippen molar-refractivity contribution in [1.82, 2.24) is 0 Å². The highest BCUT2D eigenvalue weighted by Gasteiger charge is 2.21. The summed E-state index contributed by atoms with van der Waals surface area (Å²) in [6.45, 7) is 0. The molecule has 1 aliphatic rings. The minimum Gasteiger partial charge on any atom is -0.320 e. The van der Waals surface area contributed by atoms with E-state index in [1.165, 1.54) is 30.9 Å². The third-order valence-electron chi connectivity index (χ3n) is 4.14. The Hall–Kier alpha value is -1.74. The van der Waals surface area contributed by atoms with Crippen molar-refractivity contribution < 1.29 is 8.78 Å². The van der Waals surface area contributed by atoms with Crippen LogP contribution in [0.15, 0.2) is 42.5 Å². The smallest absolute Gasteiger partial charge is 0.128 e. The first-order chi connectivity index (χ1) is 9.65. The van der Waals surface area contributed by atoms with E-state index in [-0.39, 0.29) is 5.56 Å². The molecule has 0 aromatic heterocycles. The van der Waals surface area contributed by atoms with Crippen molar-refractivity contribution in [2.45, 2.75) is 31.2 Å². The average Bonchev–Trinajstić information content (AvgIpc) is 2.39. The minimum atomic E-state index is -0.634. The van der Waals surface area contributed by atoms with Gasteiger partial charge in [0.1, 0.15) is 11.6 Å². The second kappa shape index (κ2) is 5.33. The molecule has 0 saturated heterocycles. The lowest BCUT2D eigenvalue weighted by Crippen LogP contribution is -2.15. The van der Waals surface area contributed by atoms with Crippen LogP contribution in [0.3, 0.4) is 0 Å². The Morgan fingerprint density at radius 3 is 2.55 bits per heavy atom. The molecule has 0 aliphatic heterocycles. The van der Waals surface area contributed by atoms with Crippen LogP contribution in [0.4, 0.5) is 8.78 Å². The highest BCUT2D eigenvalue weighted by atomic mass is 19.1. The van der Waals surface area contributed by atoms with Crippen LogP contribution in [0.5, 0.6) is 0 Å². The van der Waals surface area contributed by atoms with E-state index in [2.05, 4.69) is 6.07 Å². The average molecular weight is 273 g/mol. The van der Waals surface area contributed by atoms with Crippen LogP contribution in [-0.4, -0.2) is 0 Å². The van der Waals surface area contributed by atoms with E-state index in [0.717, 1.165) is 17.7 Å². The Labute approximate surface area is 117 Å². The molecule has 1 atom stereocenters. The third kappa shape index (κ3) is 2.46. The van der Waals surface area contributed by atoms with Gasteiger partial charge in [-0.05, 0) is 48.1 Å². The molecule has 1 saturated carbocycles. The number of hydrogen-bond donors (Lipinski definition) is 1. The molecule has 2 aromatic rings. The van der Waals surface area contributed by atoms with Gasteiger partial charge in [0.2, 0.25) is 0 Å². The van der Waals surface area contributed by atoms with Crippen molar-refractivity contribution in [3.8, 4) is 0 Å². The van der Waals surface area contributed by atoms with Gasteiger partial charge >= 0.3 is 0 Å². The second-order valence-corrected chi connectivity index (χ2v) is 5.44. The van der Waals surface area contributed by atoms with Crippen molar-refractivity contribution in [3.05, 3.63) is 70.8 Å². The van der Waals surface area contributed by atoms with Gasteiger partial charge in [-0.2, -0.15) is 0 Å². The first-order valence-corrected chi connectivity index (χ1v) is 6.95. The van der Waals surface area contributed by atoms with Crippen LogP contribution in [0.2, 0.25) is 0 Å². The predicted molar refractivity (Wildman–Crippen MR) is 75.4 cm³/mol. The fourth-order valence-corrected chi connectivity index (χ4v) is 2.68. The molecule has 0 radical (unpaired) electrons. The molecule has 1 fully saturated rings. The lowest BCUT2D eigenvalue weighted by atomic mass is 9.79. The predicted octanol–water partition coefficient (Wildman–Crippen LogP) is 4.28. The van der Waals surface area contributed by atoms with Crippen LogP contribution < -0.4 is 5.73 Å². The Balaban J connectivity index is 1.93. The highest BCUT2D eigenvalue weighted by molar-refractivity contribution is 5.36. The SMILES string of the molecule is NC(c1cccc(C2CCC2)c1)c1cc(F)ccc1F. The Morgan fingerprint density at radius 1 is 1.05 bits per heavy atom. The molecule has 1 unspecified atom stereocenters. The van der Waals surface area contributed by atoms with Crippen molar-refractivity contribution >= 4 is 0 Å². The highest BCUT2D eigenvalue weighted by Crippen LogP contribution is 2.37. The van der Waals surface area contributed by atoms with E-state index in [1.807, 2.05) is 18.2 Å². The Morgan fingerprint density at radius 2 is 1.85 bits per heavy atom. The van der Waals surface area contributed by atoms with Gasteiger partial charge in [0.25, 0.3) is 0 Å². The molecule has 1 aliphatic carbocycles. The second-order valence-electron chi connectivity index (χ2n) is 5.44. The maximum Gasteiger partial charge on any atom is 0.128 e. The van der Waals surface area contributed by atoms with E-state index in [4.69, 9.17) is 5.73 Å². The summed E-state index contributed by atoms with van der Waals surface area (Å²) < 4.78 is 27.1. The molecule has 0 bridgehead atoms. The number of rotatable bonds is 3. The summed E-state index contributed by atoms with van der Waals surface area (Å²) >= 11 is 0. The number of halogens is 2. The Bertz CT molecular complexity index is 620. The summed E-state index contributed by atoms with van der Waals surface area (Å²) in [5.74, 6) is -0.334. The molecule has 1 nitrogen and oxygen atoms in total. The Kier molecular flexibility index (Phi) is 3.53. The topological polar surface area (TPSA) is 26.0 Å². The number of benzene rings is 2. The standard InChI is InChI=1S/C17H17F2N/c18-14-7-8-16(19)15(10-14)17(20)13-6-2-5-12(9-13)11-3-1-4-11/h2,5-11,17H,1,3-4,20H2. The van der Waals surface area contributed by atoms with Crippen LogP contribution in [0.25, 0.3) is 0 Å². The normalized spacial score (nSPS) is 16.8. The third-order valence-corrected chi connectivity index (χ3v) is 4.14. The molecule has 2 N–H and O–H groups in total. The van der Waals surface area contributed by atoms with E-state index in [1.54, 1.807) is 0 Å². The van der Waals surface area contributed by atoms with Crippen molar-refractivity contribution in [1.29, 1.82) is 0 Å². The van der Waals surface area contributed by atoms with Crippen molar-refractivity contribution in [3.63, 3.8) is 0 Å². The summed E-state index contributed by atoms with van der Waals surface area (Å²) in [6.07, 6.45) is 3.67. The molecule has 20 heavy (non-hydrogen) atoms. The van der Waals surface area contributed by atoms with Gasteiger partial charge in [0, 0.05) is 5.56 Å². The lowest BCUT2D eigenvalue weighted by molar-refractivity contribution is 0.419. The summed E-state index contributed by atoms with van der Waals surface area (Å²) in [6, 6.07) is 10.7. The quantitative estimate of drug-likeness (QED) is 0.887. The molecular weight excluding hydrogens is 256 g/mol. The van der Waals surface area contributed by atoms with Gasteiger partial charge in [0.15, 0.2) is 0 Å². The zero-order valence-electron chi connectivity index (χ0n) is 11.2. The van der Waals surface area contributed by atoms with Crippen LogP contribution >= 0.6 is 0 Å².